The van der Waals surface area contributed by atoms with Crippen LogP contribution in [0.2, 0.25) is 0 Å². The van der Waals surface area contributed by atoms with Gasteiger partial charge in [0.2, 0.25) is 11.8 Å². The molecule has 17 heteroatoms. The van der Waals surface area contributed by atoms with E-state index in [0.717, 1.165) is 6.92 Å². The molecule has 2 fully saturated rings. The van der Waals surface area contributed by atoms with Crippen molar-refractivity contribution >= 4 is 17.8 Å². The van der Waals surface area contributed by atoms with Crippen LogP contribution < -0.4 is 10.6 Å². The van der Waals surface area contributed by atoms with Crippen molar-refractivity contribution in [1.29, 1.82) is 0 Å². The van der Waals surface area contributed by atoms with Crippen LogP contribution in [0.4, 0.5) is 0 Å². The van der Waals surface area contributed by atoms with Crippen LogP contribution in [0.3, 0.4) is 0 Å². The Morgan fingerprint density at radius 3 is 2.22 bits per heavy atom. The molecular weight excluding hydrogens is 496 g/mol. The van der Waals surface area contributed by atoms with Crippen LogP contribution in [0.25, 0.3) is 0 Å². The third kappa shape index (κ3) is 6.64. The highest BCUT2D eigenvalue weighted by molar-refractivity contribution is 5.78. The Balaban J connectivity index is 2.26. The quantitative estimate of drug-likeness (QED) is 0.126. The summed E-state index contributed by atoms with van der Waals surface area (Å²) in [6.45, 7) is -1.80. The maximum atomic E-state index is 12.1. The van der Waals surface area contributed by atoms with E-state index in [1.54, 1.807) is 0 Å². The maximum Gasteiger partial charge on any atom is 0.364 e. The van der Waals surface area contributed by atoms with Gasteiger partial charge in [-0.1, -0.05) is 0 Å². The number of aliphatic hydroxyl groups is 8. The molecule has 0 aromatic carbocycles. The fourth-order valence-corrected chi connectivity index (χ4v) is 3.97. The Bertz CT molecular complexity index is 786. The average Bonchev–Trinajstić information content (AvgIpc) is 2.83. The molecule has 0 bridgehead atoms. The van der Waals surface area contributed by atoms with Crippen molar-refractivity contribution in [3.8, 4) is 0 Å². The Morgan fingerprint density at radius 2 is 1.69 bits per heavy atom. The summed E-state index contributed by atoms with van der Waals surface area (Å²) in [6.07, 6.45) is -15.5. The molecule has 11 atom stereocenters. The summed E-state index contributed by atoms with van der Waals surface area (Å²) in [5.41, 5.74) is 0. The summed E-state index contributed by atoms with van der Waals surface area (Å²) in [6, 6.07) is -2.97. The van der Waals surface area contributed by atoms with Crippen LogP contribution >= 0.6 is 0 Å². The molecule has 0 spiro atoms. The molecule has 0 aromatic heterocycles. The van der Waals surface area contributed by atoms with Gasteiger partial charge in [0, 0.05) is 13.3 Å². The second-order valence-corrected chi connectivity index (χ2v) is 8.49. The lowest BCUT2D eigenvalue weighted by Gasteiger charge is -2.47. The normalized spacial score (nSPS) is 38.6. The Hall–Kier alpha value is -2.03. The van der Waals surface area contributed by atoms with E-state index in [4.69, 9.17) is 24.4 Å². The molecule has 36 heavy (non-hydrogen) atoms. The highest BCUT2D eigenvalue weighted by Crippen LogP contribution is 2.34. The molecular formula is C19H32N2O15. The molecule has 2 heterocycles. The van der Waals surface area contributed by atoms with Crippen LogP contribution in [0.5, 0.6) is 0 Å². The predicted octanol–water partition coefficient (Wildman–Crippen LogP) is -6.93. The minimum atomic E-state index is -2.77. The monoisotopic (exact) mass is 528 g/mol. The van der Waals surface area contributed by atoms with Gasteiger partial charge >= 0.3 is 5.97 Å². The number of aliphatic hydroxyl groups excluding tert-OH is 8. The Kier molecular flexibility index (Phi) is 10.5. The molecule has 2 aliphatic rings. The van der Waals surface area contributed by atoms with Gasteiger partial charge in [0.15, 0.2) is 6.29 Å². The van der Waals surface area contributed by atoms with Crippen LogP contribution in [0.15, 0.2) is 0 Å². The lowest BCUT2D eigenvalue weighted by molar-refractivity contribution is -0.328. The summed E-state index contributed by atoms with van der Waals surface area (Å²) >= 11 is 0. The summed E-state index contributed by atoms with van der Waals surface area (Å²) in [5.74, 6) is -6.28. The Labute approximate surface area is 203 Å². The third-order valence-electron chi connectivity index (χ3n) is 5.86. The number of nitrogens with one attached hydrogen (secondary N) is 2. The SMILES string of the molecule is CC(=O)N[C@@H]1[C@@H](O)[C@@H](O)[C@@H](CO[C@]2(C(=O)O)C[C@H](O)[C@@H](NC(=O)CO)[C@H]([C@H](O)[C@H](O)CO)O2)O[C@@H]1O. The molecule has 2 aliphatic heterocycles. The van der Waals surface area contributed by atoms with E-state index < -0.39 is 111 Å². The van der Waals surface area contributed by atoms with Gasteiger partial charge in [-0.05, 0) is 0 Å². The van der Waals surface area contributed by atoms with E-state index in [0.29, 0.717) is 0 Å². The molecule has 17 nitrogen and oxygen atoms in total. The van der Waals surface area contributed by atoms with Crippen molar-refractivity contribution in [3.63, 3.8) is 0 Å². The third-order valence-corrected chi connectivity index (χ3v) is 5.86. The first-order valence-electron chi connectivity index (χ1n) is 10.8. The van der Waals surface area contributed by atoms with Crippen LogP contribution in [-0.4, -0.2) is 150 Å². The number of carboxylic acid groups (broad SMARTS) is 1. The molecule has 0 aliphatic carbocycles. The molecule has 0 radical (unpaired) electrons. The van der Waals surface area contributed by atoms with E-state index in [2.05, 4.69) is 10.6 Å². The van der Waals surface area contributed by atoms with Crippen LogP contribution in [0, 0.1) is 0 Å². The number of carboxylic acids is 1. The van der Waals surface area contributed by atoms with Gasteiger partial charge in [-0.25, -0.2) is 4.79 Å². The average molecular weight is 528 g/mol. The number of aliphatic carboxylic acids is 1. The number of amides is 2. The van der Waals surface area contributed by atoms with Crippen molar-refractivity contribution in [3.05, 3.63) is 0 Å². The standard InChI is InChI=1S/C19H32N2O15/c1-6(24)20-12-15(30)14(29)9(35-17(12)31)5-34-19(18(32)33)2-7(25)11(21-10(27)4-23)16(36-19)13(28)8(26)3-22/h7-9,11-17,22-23,25-26,28-31H,2-5H2,1H3,(H,20,24)(H,21,27)(H,32,33)/t7-,8+,9+,11+,12+,13+,14-,15+,16+,17-,19+/m0/s1. The molecule has 2 amide bonds. The fourth-order valence-electron chi connectivity index (χ4n) is 3.97. The van der Waals surface area contributed by atoms with Gasteiger partial charge in [-0.2, -0.15) is 0 Å². The zero-order valence-corrected chi connectivity index (χ0v) is 19.1. The second-order valence-electron chi connectivity index (χ2n) is 8.49. The lowest BCUT2D eigenvalue weighted by Crippen LogP contribution is -2.69. The highest BCUT2D eigenvalue weighted by Gasteiger charge is 2.56. The van der Waals surface area contributed by atoms with E-state index in [9.17, 15) is 50.1 Å². The minimum Gasteiger partial charge on any atom is -0.477 e. The molecule has 11 N–H and O–H groups in total. The molecule has 0 unspecified atom stereocenters. The molecule has 2 rings (SSSR count). The summed E-state index contributed by atoms with van der Waals surface area (Å²) in [4.78, 5) is 35.0. The van der Waals surface area contributed by atoms with E-state index in [-0.39, 0.29) is 0 Å². The number of carbonyl (C=O) groups excluding carboxylic acids is 2. The molecule has 0 saturated carbocycles. The lowest BCUT2D eigenvalue weighted by atomic mass is 9.88. The summed E-state index contributed by atoms with van der Waals surface area (Å²) in [5, 5.41) is 93.7. The fraction of sp³-hybridized carbons (Fsp3) is 0.842. The molecule has 208 valence electrons. The first-order valence-corrected chi connectivity index (χ1v) is 10.8. The van der Waals surface area contributed by atoms with Crippen molar-refractivity contribution in [2.75, 3.05) is 19.8 Å². The van der Waals surface area contributed by atoms with Crippen molar-refractivity contribution in [2.45, 2.75) is 80.2 Å². The van der Waals surface area contributed by atoms with Crippen molar-refractivity contribution < 1.29 is 74.6 Å². The highest BCUT2D eigenvalue weighted by atomic mass is 16.7. The number of rotatable bonds is 10. The number of hydrogen-bond acceptors (Lipinski definition) is 14. The van der Waals surface area contributed by atoms with Gasteiger partial charge in [-0.3, -0.25) is 9.59 Å². The van der Waals surface area contributed by atoms with Gasteiger partial charge in [0.05, 0.1) is 25.4 Å². The smallest absolute Gasteiger partial charge is 0.364 e. The predicted molar refractivity (Wildman–Crippen MR) is 110 cm³/mol. The topological polar surface area (TPSA) is 285 Å². The second kappa shape index (κ2) is 12.5. The Morgan fingerprint density at radius 1 is 1.06 bits per heavy atom. The van der Waals surface area contributed by atoms with Crippen LogP contribution in [-0.2, 0) is 28.6 Å². The van der Waals surface area contributed by atoms with Crippen LogP contribution in [0.1, 0.15) is 13.3 Å². The maximum absolute atomic E-state index is 12.1. The van der Waals surface area contributed by atoms with Gasteiger partial charge in [0.25, 0.3) is 5.79 Å². The van der Waals surface area contributed by atoms with E-state index in [1.165, 1.54) is 0 Å². The number of hydrogen-bond donors (Lipinski definition) is 11. The van der Waals surface area contributed by atoms with E-state index >= 15 is 0 Å². The minimum absolute atomic E-state index is 0.643. The van der Waals surface area contributed by atoms with Crippen molar-refractivity contribution in [2.24, 2.45) is 0 Å². The molecule has 2 saturated heterocycles. The number of ether oxygens (including phenoxy) is 3. The zero-order valence-electron chi connectivity index (χ0n) is 19.1. The van der Waals surface area contributed by atoms with E-state index in [1.807, 2.05) is 0 Å². The largest absolute Gasteiger partial charge is 0.477 e. The first kappa shape index (κ1) is 30.2. The van der Waals surface area contributed by atoms with Gasteiger partial charge in [0.1, 0.15) is 49.3 Å². The van der Waals surface area contributed by atoms with Gasteiger partial charge in [-0.15, -0.1) is 0 Å². The summed E-state index contributed by atoms with van der Waals surface area (Å²) < 4.78 is 15.8. The number of carbonyl (C=O) groups is 3. The zero-order chi connectivity index (χ0) is 27.4. The summed E-state index contributed by atoms with van der Waals surface area (Å²) in [7, 11) is 0. The molecule has 0 aromatic rings. The first-order chi connectivity index (χ1) is 16.8. The van der Waals surface area contributed by atoms with Gasteiger partial charge < -0.3 is 70.8 Å². The van der Waals surface area contributed by atoms with Crippen molar-refractivity contribution in [1.82, 2.24) is 10.6 Å².